The summed E-state index contributed by atoms with van der Waals surface area (Å²) in [4.78, 5) is 2.01. The van der Waals surface area contributed by atoms with Crippen LogP contribution in [0.1, 0.15) is 18.1 Å². The van der Waals surface area contributed by atoms with E-state index in [2.05, 4.69) is 110 Å². The summed E-state index contributed by atoms with van der Waals surface area (Å²) in [5.74, 6) is 0. The van der Waals surface area contributed by atoms with Crippen molar-refractivity contribution in [2.45, 2.75) is 11.8 Å². The molecule has 0 radical (unpaired) electrons. The van der Waals surface area contributed by atoms with Gasteiger partial charge in [0.25, 0.3) is 0 Å². The Hall–Kier alpha value is -4.27. The van der Waals surface area contributed by atoms with Gasteiger partial charge in [0.15, 0.2) is 0 Å². The van der Waals surface area contributed by atoms with Gasteiger partial charge >= 0.3 is 0 Å². The van der Waals surface area contributed by atoms with Crippen LogP contribution >= 0.6 is 11.8 Å². The molecule has 0 unspecified atom stereocenters. The van der Waals surface area contributed by atoms with Crippen LogP contribution in [0.25, 0.3) is 43.9 Å². The van der Waals surface area contributed by atoms with Gasteiger partial charge in [-0.3, -0.25) is 0 Å². The van der Waals surface area contributed by atoms with Crippen molar-refractivity contribution in [3.8, 4) is 33.4 Å². The SMILES string of the molecule is C=C(C)c1cccc(-c2ccc(-c3ccc(-c4ccc(C(=C)Sc5ccccc5N)cc4)cc3)cc2)c1. The lowest BCUT2D eigenvalue weighted by atomic mass is 9.96. The van der Waals surface area contributed by atoms with Crippen LogP contribution in [0.5, 0.6) is 0 Å². The predicted octanol–water partition coefficient (Wildman–Crippen LogP) is 10.1. The summed E-state index contributed by atoms with van der Waals surface area (Å²) in [7, 11) is 0. The first-order chi connectivity index (χ1) is 18.0. The average Bonchev–Trinajstić information content (AvgIpc) is 2.94. The molecule has 5 rings (SSSR count). The molecule has 0 heterocycles. The monoisotopic (exact) mass is 495 g/mol. The van der Waals surface area contributed by atoms with E-state index in [1.165, 1.54) is 38.9 Å². The van der Waals surface area contributed by atoms with Crippen molar-refractivity contribution in [2.24, 2.45) is 0 Å². The number of hydrogen-bond acceptors (Lipinski definition) is 2. The van der Waals surface area contributed by atoms with E-state index in [0.29, 0.717) is 0 Å². The Morgan fingerprint density at radius 2 is 1.03 bits per heavy atom. The van der Waals surface area contributed by atoms with Gasteiger partial charge in [-0.2, -0.15) is 0 Å². The third-order valence-corrected chi connectivity index (χ3v) is 7.56. The molecule has 0 bridgehead atoms. The second-order valence-electron chi connectivity index (χ2n) is 9.16. The molecule has 37 heavy (non-hydrogen) atoms. The first kappa shape index (κ1) is 24.4. The largest absolute Gasteiger partial charge is 0.398 e. The van der Waals surface area contributed by atoms with Crippen LogP contribution in [0, 0.1) is 0 Å². The van der Waals surface area contributed by atoms with E-state index >= 15 is 0 Å². The summed E-state index contributed by atoms with van der Waals surface area (Å²) in [5.41, 5.74) is 17.4. The second-order valence-corrected chi connectivity index (χ2v) is 10.3. The summed E-state index contributed by atoms with van der Waals surface area (Å²) in [6.45, 7) is 10.4. The van der Waals surface area contributed by atoms with E-state index in [-0.39, 0.29) is 0 Å². The van der Waals surface area contributed by atoms with Crippen LogP contribution in [0.3, 0.4) is 0 Å². The third kappa shape index (κ3) is 5.61. The first-order valence-electron chi connectivity index (χ1n) is 12.3. The summed E-state index contributed by atoms with van der Waals surface area (Å²) in [6, 6.07) is 42.5. The normalized spacial score (nSPS) is 10.7. The molecule has 5 aromatic carbocycles. The zero-order chi connectivity index (χ0) is 25.8. The van der Waals surface area contributed by atoms with Crippen molar-refractivity contribution in [1.82, 2.24) is 0 Å². The number of hydrogen-bond donors (Lipinski definition) is 1. The average molecular weight is 496 g/mol. The predicted molar refractivity (Wildman–Crippen MR) is 163 cm³/mol. The maximum atomic E-state index is 6.09. The molecular weight excluding hydrogens is 466 g/mol. The Labute approximate surface area is 224 Å². The standard InChI is InChI=1S/C35H29NS/c1-24(2)32-7-6-8-33(23-32)31-21-19-30(20-22-31)29-17-15-28(16-18-29)27-13-11-26(12-14-27)25(3)37-35-10-5-4-9-34(35)36/h4-23H,1,3,36H2,2H3. The maximum absolute atomic E-state index is 6.09. The zero-order valence-corrected chi connectivity index (χ0v) is 21.8. The Bertz CT molecular complexity index is 1560. The molecule has 0 saturated carbocycles. The number of rotatable bonds is 7. The highest BCUT2D eigenvalue weighted by Gasteiger charge is 2.07. The highest BCUT2D eigenvalue weighted by molar-refractivity contribution is 8.08. The number of benzene rings is 5. The lowest BCUT2D eigenvalue weighted by Crippen LogP contribution is -1.88. The molecule has 0 aliphatic carbocycles. The number of thioether (sulfide) groups is 1. The number of nitrogens with two attached hydrogens (primary N) is 1. The van der Waals surface area contributed by atoms with E-state index in [4.69, 9.17) is 5.73 Å². The fourth-order valence-electron chi connectivity index (χ4n) is 4.29. The minimum Gasteiger partial charge on any atom is -0.398 e. The van der Waals surface area contributed by atoms with Crippen LogP contribution < -0.4 is 5.73 Å². The van der Waals surface area contributed by atoms with Crippen molar-refractivity contribution in [1.29, 1.82) is 0 Å². The molecule has 0 aliphatic rings. The molecular formula is C35H29NS. The van der Waals surface area contributed by atoms with Crippen LogP contribution in [-0.4, -0.2) is 0 Å². The highest BCUT2D eigenvalue weighted by atomic mass is 32.2. The van der Waals surface area contributed by atoms with E-state index in [9.17, 15) is 0 Å². The van der Waals surface area contributed by atoms with Crippen molar-refractivity contribution in [3.05, 3.63) is 146 Å². The Morgan fingerprint density at radius 1 is 0.541 bits per heavy atom. The molecule has 1 nitrogen and oxygen atoms in total. The minimum absolute atomic E-state index is 0.775. The Balaban J connectivity index is 1.28. The van der Waals surface area contributed by atoms with Gasteiger partial charge < -0.3 is 5.73 Å². The molecule has 180 valence electrons. The van der Waals surface area contributed by atoms with Crippen LogP contribution in [0.4, 0.5) is 5.69 Å². The molecule has 0 amide bonds. The van der Waals surface area contributed by atoms with Gasteiger partial charge in [0.05, 0.1) is 0 Å². The molecule has 0 spiro atoms. The second kappa shape index (κ2) is 10.8. The van der Waals surface area contributed by atoms with E-state index < -0.39 is 0 Å². The summed E-state index contributed by atoms with van der Waals surface area (Å²) in [5, 5.41) is 0. The molecule has 0 aliphatic heterocycles. The van der Waals surface area contributed by atoms with E-state index in [0.717, 1.165) is 26.6 Å². The van der Waals surface area contributed by atoms with Crippen molar-refractivity contribution in [2.75, 3.05) is 5.73 Å². The summed E-state index contributed by atoms with van der Waals surface area (Å²) >= 11 is 1.60. The van der Waals surface area contributed by atoms with Gasteiger partial charge in [0.2, 0.25) is 0 Å². The van der Waals surface area contributed by atoms with Crippen molar-refractivity contribution < 1.29 is 0 Å². The van der Waals surface area contributed by atoms with Crippen molar-refractivity contribution in [3.63, 3.8) is 0 Å². The maximum Gasteiger partial charge on any atom is 0.0455 e. The highest BCUT2D eigenvalue weighted by Crippen LogP contribution is 2.36. The van der Waals surface area contributed by atoms with Crippen molar-refractivity contribution >= 4 is 27.9 Å². The fraction of sp³-hybridized carbons (Fsp3) is 0.0286. The van der Waals surface area contributed by atoms with Gasteiger partial charge in [-0.1, -0.05) is 134 Å². The van der Waals surface area contributed by atoms with Gasteiger partial charge in [-0.25, -0.2) is 0 Å². The first-order valence-corrected chi connectivity index (χ1v) is 13.1. The zero-order valence-electron chi connectivity index (χ0n) is 20.9. The van der Waals surface area contributed by atoms with Crippen LogP contribution in [0.2, 0.25) is 0 Å². The van der Waals surface area contributed by atoms with Gasteiger partial charge in [0.1, 0.15) is 0 Å². The lowest BCUT2D eigenvalue weighted by Gasteiger charge is -2.10. The fourth-order valence-corrected chi connectivity index (χ4v) is 5.14. The molecule has 2 heteroatoms. The Kier molecular flexibility index (Phi) is 7.11. The van der Waals surface area contributed by atoms with E-state index in [1.54, 1.807) is 11.8 Å². The molecule has 0 aromatic heterocycles. The topological polar surface area (TPSA) is 26.0 Å². The van der Waals surface area contributed by atoms with Gasteiger partial charge in [-0.05, 0) is 69.6 Å². The Morgan fingerprint density at radius 3 is 1.54 bits per heavy atom. The number of nitrogen functional groups attached to an aromatic ring is 1. The quantitative estimate of drug-likeness (QED) is 0.179. The summed E-state index contributed by atoms with van der Waals surface area (Å²) in [6.07, 6.45) is 0. The summed E-state index contributed by atoms with van der Waals surface area (Å²) < 4.78 is 0. The molecule has 0 saturated heterocycles. The smallest absolute Gasteiger partial charge is 0.0455 e. The number of allylic oxidation sites excluding steroid dienone is 1. The van der Waals surface area contributed by atoms with E-state index in [1.807, 2.05) is 31.2 Å². The minimum atomic E-state index is 0.775. The molecule has 2 N–H and O–H groups in total. The van der Waals surface area contributed by atoms with Gasteiger partial charge in [-0.15, -0.1) is 0 Å². The third-order valence-electron chi connectivity index (χ3n) is 6.48. The lowest BCUT2D eigenvalue weighted by molar-refractivity contribution is 1.47. The number of anilines is 1. The molecule has 0 fully saturated rings. The van der Waals surface area contributed by atoms with Crippen LogP contribution in [0.15, 0.2) is 139 Å². The molecule has 0 atom stereocenters. The number of para-hydroxylation sites is 1. The molecule has 5 aromatic rings. The van der Waals surface area contributed by atoms with Crippen LogP contribution in [-0.2, 0) is 0 Å². The van der Waals surface area contributed by atoms with Gasteiger partial charge in [0, 0.05) is 15.5 Å².